The lowest BCUT2D eigenvalue weighted by molar-refractivity contribution is 0.298. The number of nitrogens with one attached hydrogen (secondary N) is 2. The molecule has 2 aromatic rings. The molecule has 134 valence electrons. The number of methoxy groups -OCH3 is 2. The Morgan fingerprint density at radius 2 is 1.72 bits per heavy atom. The van der Waals surface area contributed by atoms with Crippen LogP contribution in [0.25, 0.3) is 0 Å². The summed E-state index contributed by atoms with van der Waals surface area (Å²) in [7, 11) is 7.42. The van der Waals surface area contributed by atoms with Gasteiger partial charge < -0.3 is 25.0 Å². The number of anilines is 1. The highest BCUT2D eigenvalue weighted by Crippen LogP contribution is 2.22. The summed E-state index contributed by atoms with van der Waals surface area (Å²) in [6.07, 6.45) is 0. The minimum Gasteiger partial charge on any atom is -0.497 e. The Labute approximate surface area is 154 Å². The number of thiocarbonyl (C=S) groups is 1. The largest absolute Gasteiger partial charge is 0.497 e. The van der Waals surface area contributed by atoms with Crippen molar-refractivity contribution in [2.45, 2.75) is 6.04 Å². The van der Waals surface area contributed by atoms with Crippen LogP contribution in [0.4, 0.5) is 5.69 Å². The summed E-state index contributed by atoms with van der Waals surface area (Å²) in [5.41, 5.74) is 2.09. The van der Waals surface area contributed by atoms with Crippen LogP contribution in [0.1, 0.15) is 11.6 Å². The Balaban J connectivity index is 1.96. The van der Waals surface area contributed by atoms with E-state index in [4.69, 9.17) is 21.7 Å². The molecule has 1 atom stereocenters. The number of hydrogen-bond donors (Lipinski definition) is 2. The minimum atomic E-state index is 0.172. The zero-order valence-electron chi connectivity index (χ0n) is 15.1. The van der Waals surface area contributed by atoms with Crippen molar-refractivity contribution in [3.05, 3.63) is 54.1 Å². The average Bonchev–Trinajstić information content (AvgIpc) is 2.62. The second-order valence-electron chi connectivity index (χ2n) is 5.82. The first-order valence-electron chi connectivity index (χ1n) is 8.02. The Morgan fingerprint density at radius 1 is 1.04 bits per heavy atom. The van der Waals surface area contributed by atoms with Gasteiger partial charge in [0.1, 0.15) is 11.5 Å². The maximum atomic E-state index is 5.40. The van der Waals surface area contributed by atoms with Crippen molar-refractivity contribution in [3.63, 3.8) is 0 Å². The van der Waals surface area contributed by atoms with E-state index in [9.17, 15) is 0 Å². The SMILES string of the molecule is COc1ccc(NC(=S)NC[C@H](c2cccc(OC)c2)N(C)C)cc1. The predicted octanol–water partition coefficient (Wildman–Crippen LogP) is 3.29. The van der Waals surface area contributed by atoms with E-state index in [1.165, 1.54) is 5.56 Å². The van der Waals surface area contributed by atoms with Crippen LogP contribution in [0.2, 0.25) is 0 Å². The van der Waals surface area contributed by atoms with Crippen LogP contribution in [0, 0.1) is 0 Å². The van der Waals surface area contributed by atoms with Crippen LogP contribution >= 0.6 is 12.2 Å². The number of nitrogens with zero attached hydrogens (tertiary/aromatic N) is 1. The second-order valence-corrected chi connectivity index (χ2v) is 6.23. The van der Waals surface area contributed by atoms with Gasteiger partial charge in [0, 0.05) is 12.2 Å². The lowest BCUT2D eigenvalue weighted by Crippen LogP contribution is -2.36. The van der Waals surface area contributed by atoms with Gasteiger partial charge in [0.2, 0.25) is 0 Å². The summed E-state index contributed by atoms with van der Waals surface area (Å²) >= 11 is 5.40. The first kappa shape index (κ1) is 19.0. The fourth-order valence-electron chi connectivity index (χ4n) is 2.49. The van der Waals surface area contributed by atoms with E-state index in [2.05, 4.69) is 21.6 Å². The van der Waals surface area contributed by atoms with E-state index in [1.807, 2.05) is 56.6 Å². The number of hydrogen-bond acceptors (Lipinski definition) is 4. The van der Waals surface area contributed by atoms with Crippen LogP contribution in [0.5, 0.6) is 11.5 Å². The molecular formula is C19H25N3O2S. The van der Waals surface area contributed by atoms with Crippen LogP contribution in [0.3, 0.4) is 0 Å². The van der Waals surface area contributed by atoms with Crippen molar-refractivity contribution in [2.75, 3.05) is 40.2 Å². The molecule has 25 heavy (non-hydrogen) atoms. The number of benzene rings is 2. The fourth-order valence-corrected chi connectivity index (χ4v) is 2.69. The summed E-state index contributed by atoms with van der Waals surface area (Å²) in [5.74, 6) is 1.67. The van der Waals surface area contributed by atoms with Crippen molar-refractivity contribution in [1.29, 1.82) is 0 Å². The van der Waals surface area contributed by atoms with Gasteiger partial charge in [-0.3, -0.25) is 0 Å². The third kappa shape index (κ3) is 5.62. The van der Waals surface area contributed by atoms with Gasteiger partial charge in [-0.25, -0.2) is 0 Å². The maximum Gasteiger partial charge on any atom is 0.170 e. The van der Waals surface area contributed by atoms with Gasteiger partial charge in [0.05, 0.1) is 20.3 Å². The van der Waals surface area contributed by atoms with Crippen molar-refractivity contribution >= 4 is 23.0 Å². The fraction of sp³-hybridized carbons (Fsp3) is 0.316. The van der Waals surface area contributed by atoms with Crippen molar-refractivity contribution in [3.8, 4) is 11.5 Å². The Morgan fingerprint density at radius 3 is 2.32 bits per heavy atom. The lowest BCUT2D eigenvalue weighted by atomic mass is 10.1. The van der Waals surface area contributed by atoms with E-state index in [0.717, 1.165) is 17.2 Å². The second kappa shape index (κ2) is 9.25. The lowest BCUT2D eigenvalue weighted by Gasteiger charge is -2.26. The highest BCUT2D eigenvalue weighted by atomic mass is 32.1. The van der Waals surface area contributed by atoms with Crippen molar-refractivity contribution in [1.82, 2.24) is 10.2 Å². The molecule has 0 saturated heterocycles. The number of ether oxygens (including phenoxy) is 2. The number of likely N-dealkylation sites (N-methyl/N-ethyl adjacent to an activating group) is 1. The Kier molecular flexibility index (Phi) is 7.03. The zero-order valence-corrected chi connectivity index (χ0v) is 15.9. The third-order valence-electron chi connectivity index (χ3n) is 3.91. The average molecular weight is 359 g/mol. The number of rotatable bonds is 7. The molecule has 0 radical (unpaired) electrons. The van der Waals surface area contributed by atoms with Crippen molar-refractivity contribution < 1.29 is 9.47 Å². The van der Waals surface area contributed by atoms with E-state index in [0.29, 0.717) is 11.7 Å². The molecule has 0 aliphatic carbocycles. The Hall–Kier alpha value is -2.31. The molecule has 2 aromatic carbocycles. The van der Waals surface area contributed by atoms with E-state index in [1.54, 1.807) is 14.2 Å². The molecular weight excluding hydrogens is 334 g/mol. The van der Waals surface area contributed by atoms with Gasteiger partial charge in [-0.2, -0.15) is 0 Å². The zero-order chi connectivity index (χ0) is 18.2. The van der Waals surface area contributed by atoms with Gasteiger partial charge in [0.15, 0.2) is 5.11 Å². The van der Waals surface area contributed by atoms with E-state index in [-0.39, 0.29) is 6.04 Å². The molecule has 0 spiro atoms. The first-order valence-corrected chi connectivity index (χ1v) is 8.43. The summed E-state index contributed by atoms with van der Waals surface area (Å²) in [5, 5.41) is 7.05. The summed E-state index contributed by atoms with van der Waals surface area (Å²) < 4.78 is 10.5. The maximum absolute atomic E-state index is 5.40. The first-order chi connectivity index (χ1) is 12.0. The van der Waals surface area contributed by atoms with Gasteiger partial charge in [0.25, 0.3) is 0 Å². The van der Waals surface area contributed by atoms with E-state index >= 15 is 0 Å². The smallest absolute Gasteiger partial charge is 0.170 e. The Bertz CT molecular complexity index is 689. The molecule has 0 unspecified atom stereocenters. The highest BCUT2D eigenvalue weighted by molar-refractivity contribution is 7.80. The molecule has 0 aliphatic heterocycles. The van der Waals surface area contributed by atoms with Gasteiger partial charge in [-0.1, -0.05) is 12.1 Å². The molecule has 0 amide bonds. The summed E-state index contributed by atoms with van der Waals surface area (Å²) in [6.45, 7) is 0.683. The third-order valence-corrected chi connectivity index (χ3v) is 4.15. The van der Waals surface area contributed by atoms with Gasteiger partial charge >= 0.3 is 0 Å². The van der Waals surface area contributed by atoms with Gasteiger partial charge in [-0.05, 0) is 68.3 Å². The standard InChI is InChI=1S/C19H25N3O2S/c1-22(2)18(14-6-5-7-17(12-14)24-4)13-20-19(25)21-15-8-10-16(23-3)11-9-15/h5-12,18H,13H2,1-4H3,(H2,20,21,25)/t18-/m1/s1. The topological polar surface area (TPSA) is 45.8 Å². The van der Waals surface area contributed by atoms with E-state index < -0.39 is 0 Å². The van der Waals surface area contributed by atoms with Crippen LogP contribution in [0.15, 0.2) is 48.5 Å². The molecule has 0 aliphatic rings. The molecule has 2 rings (SSSR count). The summed E-state index contributed by atoms with van der Waals surface area (Å²) in [6, 6.07) is 15.9. The van der Waals surface area contributed by atoms with Gasteiger partial charge in [-0.15, -0.1) is 0 Å². The summed E-state index contributed by atoms with van der Waals surface area (Å²) in [4.78, 5) is 2.15. The quantitative estimate of drug-likeness (QED) is 0.740. The predicted molar refractivity (Wildman–Crippen MR) is 107 cm³/mol. The molecule has 0 heterocycles. The van der Waals surface area contributed by atoms with Crippen molar-refractivity contribution in [2.24, 2.45) is 0 Å². The van der Waals surface area contributed by atoms with Crippen LogP contribution in [-0.2, 0) is 0 Å². The molecule has 6 heteroatoms. The monoisotopic (exact) mass is 359 g/mol. The normalized spacial score (nSPS) is 11.7. The molecule has 0 saturated carbocycles. The highest BCUT2D eigenvalue weighted by Gasteiger charge is 2.15. The molecule has 0 bridgehead atoms. The molecule has 0 fully saturated rings. The molecule has 2 N–H and O–H groups in total. The molecule has 0 aromatic heterocycles. The van der Waals surface area contributed by atoms with Crippen LogP contribution in [-0.4, -0.2) is 44.9 Å². The van der Waals surface area contributed by atoms with Crippen LogP contribution < -0.4 is 20.1 Å². The minimum absolute atomic E-state index is 0.172. The molecule has 5 nitrogen and oxygen atoms in total.